The van der Waals surface area contributed by atoms with Crippen molar-refractivity contribution in [1.29, 1.82) is 0 Å². The molecule has 146 valence electrons. The lowest BCUT2D eigenvalue weighted by molar-refractivity contribution is -0.148. The van der Waals surface area contributed by atoms with Crippen molar-refractivity contribution in [1.82, 2.24) is 10.3 Å². The number of ether oxygens (including phenoxy) is 1. The second-order valence-corrected chi connectivity index (χ2v) is 8.61. The quantitative estimate of drug-likeness (QED) is 0.424. The first kappa shape index (κ1) is 20.4. The maximum atomic E-state index is 11.8. The van der Waals surface area contributed by atoms with Crippen LogP contribution in [0.1, 0.15) is 17.5 Å². The number of benzene rings is 2. The number of carbonyl (C=O) groups excluding carboxylic acids is 2. The molecule has 0 radical (unpaired) electrons. The zero-order valence-corrected chi connectivity index (χ0v) is 17.3. The minimum atomic E-state index is -0.373. The molecule has 1 amide bonds. The van der Waals surface area contributed by atoms with Gasteiger partial charge in [0.15, 0.2) is 10.9 Å². The van der Waals surface area contributed by atoms with Gasteiger partial charge in [0, 0.05) is 12.3 Å². The minimum Gasteiger partial charge on any atom is -0.456 e. The Morgan fingerprint density at radius 3 is 2.75 bits per heavy atom. The number of hydrogen-bond donors (Lipinski definition) is 1. The Labute approximate surface area is 172 Å². The number of carbonyl (C=O) groups is 2. The molecule has 1 N–H and O–H groups in total. The van der Waals surface area contributed by atoms with Crippen LogP contribution in [0.3, 0.4) is 0 Å². The molecule has 0 saturated carbocycles. The molecule has 0 fully saturated rings. The van der Waals surface area contributed by atoms with Crippen LogP contribution in [-0.2, 0) is 20.7 Å². The predicted octanol–water partition coefficient (Wildman–Crippen LogP) is 3.99. The van der Waals surface area contributed by atoms with Crippen LogP contribution >= 0.6 is 23.1 Å². The summed E-state index contributed by atoms with van der Waals surface area (Å²) in [5, 5.41) is 2.78. The van der Waals surface area contributed by atoms with Crippen molar-refractivity contribution in [3.05, 3.63) is 59.7 Å². The largest absolute Gasteiger partial charge is 0.456 e. The summed E-state index contributed by atoms with van der Waals surface area (Å²) >= 11 is 3.14. The summed E-state index contributed by atoms with van der Waals surface area (Å²) < 4.78 is 7.11. The van der Waals surface area contributed by atoms with Crippen molar-refractivity contribution in [2.75, 3.05) is 18.9 Å². The SMILES string of the molecule is Cc1ccccc1CCNC(=O)COC(=O)CCSc1nc2ccccc2s1. The van der Waals surface area contributed by atoms with E-state index in [1.165, 1.54) is 22.9 Å². The first-order valence-electron chi connectivity index (χ1n) is 9.07. The third kappa shape index (κ3) is 6.07. The lowest BCUT2D eigenvalue weighted by Crippen LogP contribution is -2.30. The van der Waals surface area contributed by atoms with Gasteiger partial charge < -0.3 is 10.1 Å². The van der Waals surface area contributed by atoms with Gasteiger partial charge in [0.1, 0.15) is 0 Å². The van der Waals surface area contributed by atoms with Gasteiger partial charge in [-0.15, -0.1) is 11.3 Å². The van der Waals surface area contributed by atoms with Crippen molar-refractivity contribution in [2.45, 2.75) is 24.1 Å². The van der Waals surface area contributed by atoms with Crippen LogP contribution in [0.2, 0.25) is 0 Å². The number of aromatic nitrogens is 1. The van der Waals surface area contributed by atoms with Gasteiger partial charge in [0.25, 0.3) is 5.91 Å². The fourth-order valence-corrected chi connectivity index (χ4v) is 4.69. The Morgan fingerprint density at radius 2 is 1.93 bits per heavy atom. The van der Waals surface area contributed by atoms with E-state index in [4.69, 9.17) is 4.74 Å². The molecule has 0 bridgehead atoms. The second-order valence-electron chi connectivity index (χ2n) is 6.23. The van der Waals surface area contributed by atoms with E-state index in [2.05, 4.69) is 10.3 Å². The van der Waals surface area contributed by atoms with Crippen molar-refractivity contribution < 1.29 is 14.3 Å². The summed E-state index contributed by atoms with van der Waals surface area (Å²) in [6.07, 6.45) is 1.00. The lowest BCUT2D eigenvalue weighted by Gasteiger charge is -2.08. The number of thioether (sulfide) groups is 1. The highest BCUT2D eigenvalue weighted by Crippen LogP contribution is 2.29. The number of para-hydroxylation sites is 1. The van der Waals surface area contributed by atoms with Gasteiger partial charge in [-0.25, -0.2) is 4.98 Å². The van der Waals surface area contributed by atoms with E-state index in [-0.39, 0.29) is 24.9 Å². The number of nitrogens with one attached hydrogen (secondary N) is 1. The molecule has 1 aromatic heterocycles. The number of nitrogens with zero attached hydrogens (tertiary/aromatic N) is 1. The molecule has 0 aliphatic carbocycles. The Kier molecular flexibility index (Phi) is 7.45. The van der Waals surface area contributed by atoms with E-state index in [0.717, 1.165) is 21.0 Å². The maximum Gasteiger partial charge on any atom is 0.307 e. The molecule has 0 unspecified atom stereocenters. The van der Waals surface area contributed by atoms with E-state index in [9.17, 15) is 9.59 Å². The van der Waals surface area contributed by atoms with Crippen LogP contribution < -0.4 is 5.32 Å². The van der Waals surface area contributed by atoms with Gasteiger partial charge in [0.05, 0.1) is 16.6 Å². The minimum absolute atomic E-state index is 0.238. The van der Waals surface area contributed by atoms with Crippen molar-refractivity contribution in [3.63, 3.8) is 0 Å². The van der Waals surface area contributed by atoms with Crippen LogP contribution in [0.5, 0.6) is 0 Å². The lowest BCUT2D eigenvalue weighted by atomic mass is 10.1. The average Bonchev–Trinajstić information content (AvgIpc) is 3.10. The Morgan fingerprint density at radius 1 is 1.14 bits per heavy atom. The normalized spacial score (nSPS) is 10.8. The number of esters is 1. The molecular formula is C21H22N2O3S2. The Balaban J connectivity index is 1.30. The number of hydrogen-bond acceptors (Lipinski definition) is 6. The molecular weight excluding hydrogens is 392 g/mol. The summed E-state index contributed by atoms with van der Waals surface area (Å²) in [4.78, 5) is 28.1. The van der Waals surface area contributed by atoms with E-state index in [1.54, 1.807) is 11.3 Å². The number of rotatable bonds is 9. The molecule has 0 aliphatic rings. The molecule has 0 aliphatic heterocycles. The number of fused-ring (bicyclic) bond motifs is 1. The van der Waals surface area contributed by atoms with Crippen molar-refractivity contribution in [2.24, 2.45) is 0 Å². The number of aryl methyl sites for hydroxylation is 1. The predicted molar refractivity (Wildman–Crippen MR) is 114 cm³/mol. The topological polar surface area (TPSA) is 68.3 Å². The van der Waals surface area contributed by atoms with Crippen LogP contribution in [0.25, 0.3) is 10.2 Å². The second kappa shape index (κ2) is 10.2. The van der Waals surface area contributed by atoms with E-state index in [1.807, 2.05) is 55.5 Å². The molecule has 0 atom stereocenters. The summed E-state index contributed by atoms with van der Waals surface area (Å²) in [6, 6.07) is 16.0. The summed E-state index contributed by atoms with van der Waals surface area (Å²) in [6.45, 7) is 2.33. The standard InChI is InChI=1S/C21H22N2O3S2/c1-15-6-2-3-7-16(15)10-12-22-19(24)14-26-20(25)11-13-27-21-23-17-8-4-5-9-18(17)28-21/h2-9H,10-14H2,1H3,(H,22,24). The fraction of sp³-hybridized carbons (Fsp3) is 0.286. The highest BCUT2D eigenvalue weighted by Gasteiger charge is 2.09. The molecule has 0 saturated heterocycles. The average molecular weight is 415 g/mol. The Hall–Kier alpha value is -2.38. The molecule has 3 rings (SSSR count). The van der Waals surface area contributed by atoms with Crippen LogP contribution in [0.4, 0.5) is 0 Å². The van der Waals surface area contributed by atoms with E-state index in [0.29, 0.717) is 12.3 Å². The smallest absolute Gasteiger partial charge is 0.307 e. The van der Waals surface area contributed by atoms with Crippen LogP contribution in [-0.4, -0.2) is 35.8 Å². The van der Waals surface area contributed by atoms with Crippen molar-refractivity contribution >= 4 is 45.2 Å². The van der Waals surface area contributed by atoms with Gasteiger partial charge in [-0.2, -0.15) is 0 Å². The summed E-state index contributed by atoms with van der Waals surface area (Å²) in [7, 11) is 0. The number of thiazole rings is 1. The first-order chi connectivity index (χ1) is 13.6. The first-order valence-corrected chi connectivity index (χ1v) is 10.9. The molecule has 1 heterocycles. The fourth-order valence-electron chi connectivity index (χ4n) is 2.63. The molecule has 0 spiro atoms. The third-order valence-electron chi connectivity index (χ3n) is 4.15. The monoisotopic (exact) mass is 414 g/mol. The molecule has 3 aromatic rings. The third-order valence-corrected chi connectivity index (χ3v) is 6.33. The van der Waals surface area contributed by atoms with Gasteiger partial charge in [-0.05, 0) is 36.6 Å². The molecule has 5 nitrogen and oxygen atoms in total. The van der Waals surface area contributed by atoms with Gasteiger partial charge >= 0.3 is 5.97 Å². The molecule has 28 heavy (non-hydrogen) atoms. The van der Waals surface area contributed by atoms with E-state index < -0.39 is 0 Å². The van der Waals surface area contributed by atoms with Crippen LogP contribution in [0, 0.1) is 6.92 Å². The van der Waals surface area contributed by atoms with Gasteiger partial charge in [0.2, 0.25) is 0 Å². The molecule has 7 heteroatoms. The number of amides is 1. The van der Waals surface area contributed by atoms with E-state index >= 15 is 0 Å². The summed E-state index contributed by atoms with van der Waals surface area (Å²) in [5.41, 5.74) is 3.38. The zero-order chi connectivity index (χ0) is 19.8. The maximum absolute atomic E-state index is 11.8. The zero-order valence-electron chi connectivity index (χ0n) is 15.6. The van der Waals surface area contributed by atoms with Gasteiger partial charge in [-0.3, -0.25) is 9.59 Å². The van der Waals surface area contributed by atoms with Crippen molar-refractivity contribution in [3.8, 4) is 0 Å². The van der Waals surface area contributed by atoms with Gasteiger partial charge in [-0.1, -0.05) is 48.2 Å². The Bertz CT molecular complexity index is 922. The van der Waals surface area contributed by atoms with Crippen LogP contribution in [0.15, 0.2) is 52.9 Å². The highest BCUT2D eigenvalue weighted by molar-refractivity contribution is 8.01. The molecule has 2 aromatic carbocycles. The summed E-state index contributed by atoms with van der Waals surface area (Å²) in [5.74, 6) is -0.0727. The highest BCUT2D eigenvalue weighted by atomic mass is 32.2.